The van der Waals surface area contributed by atoms with Crippen LogP contribution in [0.2, 0.25) is 0 Å². The lowest BCUT2D eigenvalue weighted by molar-refractivity contribution is 0.0329. The van der Waals surface area contributed by atoms with Crippen LogP contribution in [0.25, 0.3) is 11.1 Å². The first-order chi connectivity index (χ1) is 15.1. The number of carbonyl (C=O) groups excluding carboxylic acids is 1. The van der Waals surface area contributed by atoms with Gasteiger partial charge in [0.2, 0.25) is 0 Å². The van der Waals surface area contributed by atoms with Gasteiger partial charge in [-0.15, -0.1) is 0 Å². The highest BCUT2D eigenvalue weighted by molar-refractivity contribution is 5.67. The second-order valence-corrected chi connectivity index (χ2v) is 8.70. The van der Waals surface area contributed by atoms with Crippen molar-refractivity contribution in [3.63, 3.8) is 0 Å². The lowest BCUT2D eigenvalue weighted by atomic mass is 9.84. The largest absolute Gasteiger partial charge is 0.514 e. The number of ether oxygens (including phenoxy) is 2. The molecule has 0 aliphatic heterocycles. The van der Waals surface area contributed by atoms with Gasteiger partial charge in [0.25, 0.3) is 0 Å². The first-order valence-electron chi connectivity index (χ1n) is 11.9. The molecule has 2 aromatic carbocycles. The lowest BCUT2D eigenvalue weighted by Crippen LogP contribution is -2.26. The number of rotatable bonds is 9. The Morgan fingerprint density at radius 3 is 2.35 bits per heavy atom. The van der Waals surface area contributed by atoms with Crippen LogP contribution in [0.3, 0.4) is 0 Å². The summed E-state index contributed by atoms with van der Waals surface area (Å²) in [4.78, 5) is 12.2. The van der Waals surface area contributed by atoms with E-state index in [1.54, 1.807) is 30.3 Å². The zero-order valence-electron chi connectivity index (χ0n) is 18.9. The Kier molecular flexibility index (Phi) is 8.93. The number of hydrogen-bond donors (Lipinski definition) is 0. The van der Waals surface area contributed by atoms with Gasteiger partial charge in [0.1, 0.15) is 17.7 Å². The van der Waals surface area contributed by atoms with Crippen LogP contribution in [0.1, 0.15) is 77.2 Å². The Hall–Kier alpha value is -2.36. The van der Waals surface area contributed by atoms with Gasteiger partial charge >= 0.3 is 6.16 Å². The van der Waals surface area contributed by atoms with Crippen LogP contribution in [-0.2, 0) is 11.2 Å². The van der Waals surface area contributed by atoms with Crippen LogP contribution in [0.15, 0.2) is 42.5 Å². The zero-order valence-corrected chi connectivity index (χ0v) is 18.9. The highest BCUT2D eigenvalue weighted by Gasteiger charge is 2.24. The van der Waals surface area contributed by atoms with E-state index in [9.17, 15) is 9.18 Å². The first kappa shape index (κ1) is 23.3. The van der Waals surface area contributed by atoms with Crippen LogP contribution in [0.5, 0.6) is 5.75 Å². The number of halogens is 1. The molecule has 1 aliphatic carbocycles. The molecule has 1 fully saturated rings. The average Bonchev–Trinajstić information content (AvgIpc) is 2.76. The Morgan fingerprint density at radius 2 is 1.71 bits per heavy atom. The van der Waals surface area contributed by atoms with Gasteiger partial charge in [-0.05, 0) is 67.3 Å². The summed E-state index contributed by atoms with van der Waals surface area (Å²) in [5, 5.41) is 0. The summed E-state index contributed by atoms with van der Waals surface area (Å²) in [7, 11) is 0. The Bertz CT molecular complexity index is 823. The molecule has 3 nitrogen and oxygen atoms in total. The van der Waals surface area contributed by atoms with E-state index < -0.39 is 6.16 Å². The third kappa shape index (κ3) is 7.09. The van der Waals surface area contributed by atoms with Crippen molar-refractivity contribution in [2.45, 2.75) is 84.2 Å². The molecule has 1 aliphatic rings. The fourth-order valence-corrected chi connectivity index (χ4v) is 4.42. The maximum absolute atomic E-state index is 14.4. The Labute approximate surface area is 186 Å². The molecule has 3 rings (SSSR count). The second-order valence-electron chi connectivity index (χ2n) is 8.70. The van der Waals surface area contributed by atoms with E-state index >= 15 is 0 Å². The molecule has 0 radical (unpaired) electrons. The molecule has 0 bridgehead atoms. The molecule has 0 N–H and O–H groups in total. The fourth-order valence-electron chi connectivity index (χ4n) is 4.42. The Morgan fingerprint density at radius 1 is 0.968 bits per heavy atom. The third-order valence-corrected chi connectivity index (χ3v) is 6.21. The van der Waals surface area contributed by atoms with Gasteiger partial charge in [0, 0.05) is 5.56 Å². The van der Waals surface area contributed by atoms with Gasteiger partial charge < -0.3 is 9.47 Å². The van der Waals surface area contributed by atoms with Crippen molar-refractivity contribution >= 4 is 6.16 Å². The summed E-state index contributed by atoms with van der Waals surface area (Å²) in [6.07, 6.45) is 10.4. The maximum Gasteiger partial charge on any atom is 0.514 e. The molecule has 2 aromatic rings. The van der Waals surface area contributed by atoms with Crippen molar-refractivity contribution in [3.8, 4) is 16.9 Å². The van der Waals surface area contributed by atoms with E-state index in [2.05, 4.69) is 13.8 Å². The van der Waals surface area contributed by atoms with Gasteiger partial charge in [-0.25, -0.2) is 9.18 Å². The molecule has 0 atom stereocenters. The molecule has 31 heavy (non-hydrogen) atoms. The summed E-state index contributed by atoms with van der Waals surface area (Å²) in [6, 6.07) is 12.3. The molecule has 0 unspecified atom stereocenters. The van der Waals surface area contributed by atoms with E-state index in [0.29, 0.717) is 11.3 Å². The van der Waals surface area contributed by atoms with E-state index in [4.69, 9.17) is 9.47 Å². The minimum atomic E-state index is -0.655. The van der Waals surface area contributed by atoms with Crippen LogP contribution in [0.4, 0.5) is 9.18 Å². The normalized spacial score (nSPS) is 18.5. The lowest BCUT2D eigenvalue weighted by Gasteiger charge is -2.27. The average molecular weight is 427 g/mol. The molecule has 0 heterocycles. The summed E-state index contributed by atoms with van der Waals surface area (Å²) in [5.74, 6) is 0.945. The van der Waals surface area contributed by atoms with Gasteiger partial charge in [0.05, 0.1) is 0 Å². The Balaban J connectivity index is 1.47. The molecule has 0 saturated heterocycles. The summed E-state index contributed by atoms with van der Waals surface area (Å²) < 4.78 is 25.3. The topological polar surface area (TPSA) is 35.5 Å². The highest BCUT2D eigenvalue weighted by atomic mass is 19.1. The molecular formula is C27H35FO3. The monoisotopic (exact) mass is 426 g/mol. The number of carbonyl (C=O) groups is 1. The van der Waals surface area contributed by atoms with E-state index in [1.807, 2.05) is 12.1 Å². The summed E-state index contributed by atoms with van der Waals surface area (Å²) >= 11 is 0. The minimum absolute atomic E-state index is 0.0510. The van der Waals surface area contributed by atoms with Crippen molar-refractivity contribution in [2.24, 2.45) is 5.92 Å². The van der Waals surface area contributed by atoms with Gasteiger partial charge in [-0.3, -0.25) is 0 Å². The molecule has 168 valence electrons. The summed E-state index contributed by atoms with van der Waals surface area (Å²) in [5.41, 5.74) is 2.30. The van der Waals surface area contributed by atoms with Crippen molar-refractivity contribution in [1.82, 2.24) is 0 Å². The van der Waals surface area contributed by atoms with Gasteiger partial charge in [0.15, 0.2) is 0 Å². The van der Waals surface area contributed by atoms with Gasteiger partial charge in [-0.2, -0.15) is 0 Å². The number of aryl methyl sites for hydroxylation is 1. The third-order valence-electron chi connectivity index (χ3n) is 6.21. The van der Waals surface area contributed by atoms with Gasteiger partial charge in [-0.1, -0.05) is 70.2 Å². The SMILES string of the molecule is CCCCCC1CCC(OC(=O)Oc2ccc(-c3ccc(CCC)cc3F)cc2)CC1. The maximum atomic E-state index is 14.4. The van der Waals surface area contributed by atoms with Crippen molar-refractivity contribution in [3.05, 3.63) is 53.8 Å². The van der Waals surface area contributed by atoms with Crippen molar-refractivity contribution in [1.29, 1.82) is 0 Å². The smallest absolute Gasteiger partial charge is 0.431 e. The fraction of sp³-hybridized carbons (Fsp3) is 0.519. The van der Waals surface area contributed by atoms with Crippen LogP contribution < -0.4 is 4.74 Å². The second kappa shape index (κ2) is 11.9. The zero-order chi connectivity index (χ0) is 22.1. The minimum Gasteiger partial charge on any atom is -0.431 e. The molecular weight excluding hydrogens is 391 g/mol. The molecule has 0 aromatic heterocycles. The molecule has 0 amide bonds. The highest BCUT2D eigenvalue weighted by Crippen LogP contribution is 2.31. The molecule has 4 heteroatoms. The van der Waals surface area contributed by atoms with E-state index in [-0.39, 0.29) is 11.9 Å². The van der Waals surface area contributed by atoms with Crippen LogP contribution in [0, 0.1) is 11.7 Å². The predicted molar refractivity (Wildman–Crippen MR) is 123 cm³/mol. The van der Waals surface area contributed by atoms with Crippen molar-refractivity contribution < 1.29 is 18.7 Å². The van der Waals surface area contributed by atoms with E-state index in [0.717, 1.165) is 55.6 Å². The molecule has 1 saturated carbocycles. The van der Waals surface area contributed by atoms with E-state index in [1.165, 1.54) is 25.7 Å². The predicted octanol–water partition coefficient (Wildman–Crippen LogP) is 8.10. The van der Waals surface area contributed by atoms with Crippen molar-refractivity contribution in [2.75, 3.05) is 0 Å². The number of hydrogen-bond acceptors (Lipinski definition) is 3. The van der Waals surface area contributed by atoms with Crippen LogP contribution >= 0.6 is 0 Å². The number of unbranched alkanes of at least 4 members (excludes halogenated alkanes) is 2. The standard InChI is InChI=1S/C27H35FO3/c1-3-5-6-8-20-9-14-23(15-10-20)30-27(29)31-24-16-12-22(13-17-24)25-18-11-21(7-4-2)19-26(25)28/h11-13,16-20,23H,3-10,14-15H2,1-2H3. The number of benzene rings is 2. The first-order valence-corrected chi connectivity index (χ1v) is 11.9. The quantitative estimate of drug-likeness (QED) is 0.231. The van der Waals surface area contributed by atoms with Crippen LogP contribution in [-0.4, -0.2) is 12.3 Å². The molecule has 0 spiro atoms. The summed E-state index contributed by atoms with van der Waals surface area (Å²) in [6.45, 7) is 4.31.